The fraction of sp³-hybridized carbons (Fsp3) is 0.188. The van der Waals surface area contributed by atoms with E-state index in [0.717, 1.165) is 22.4 Å². The minimum absolute atomic E-state index is 0.520. The topological polar surface area (TPSA) is 38.0 Å². The lowest BCUT2D eigenvalue weighted by molar-refractivity contribution is 0.175. The average molecular weight is 378 g/mol. The maximum atomic E-state index is 10.4. The van der Waals surface area contributed by atoms with Gasteiger partial charge in [0.15, 0.2) is 0 Å². The molecule has 1 N–H and O–H groups in total. The lowest BCUT2D eigenvalue weighted by atomic mass is 10.1. The molecule has 3 aromatic rings. The molecule has 0 aliphatic heterocycles. The van der Waals surface area contributed by atoms with Crippen molar-refractivity contribution < 1.29 is 5.11 Å². The highest BCUT2D eigenvalue weighted by atomic mass is 127. The molecule has 0 saturated heterocycles. The van der Waals surface area contributed by atoms with Crippen molar-refractivity contribution in [3.63, 3.8) is 0 Å². The number of aliphatic hydroxyl groups excluding tert-OH is 1. The van der Waals surface area contributed by atoms with Gasteiger partial charge in [-0.2, -0.15) is 0 Å². The second kappa shape index (κ2) is 5.54. The van der Waals surface area contributed by atoms with E-state index < -0.39 is 6.10 Å². The van der Waals surface area contributed by atoms with Gasteiger partial charge in [-0.1, -0.05) is 24.3 Å². The minimum Gasteiger partial charge on any atom is -0.388 e. The van der Waals surface area contributed by atoms with E-state index in [-0.39, 0.29) is 0 Å². The van der Waals surface area contributed by atoms with Crippen LogP contribution < -0.4 is 0 Å². The Bertz CT molecular complexity index is 734. The Morgan fingerprint density at radius 3 is 2.55 bits per heavy atom. The number of aryl methyl sites for hydroxylation is 1. The molecule has 0 amide bonds. The second-order valence-corrected chi connectivity index (χ2v) is 6.09. The lowest BCUT2D eigenvalue weighted by Crippen LogP contribution is -2.06. The van der Waals surface area contributed by atoms with Gasteiger partial charge in [0.2, 0.25) is 0 Å². The van der Waals surface area contributed by atoms with E-state index in [1.165, 1.54) is 3.57 Å². The van der Waals surface area contributed by atoms with Crippen LogP contribution in [0.3, 0.4) is 0 Å². The van der Waals surface area contributed by atoms with Crippen LogP contribution in [0.15, 0.2) is 48.5 Å². The molecule has 3 rings (SSSR count). The molecular formula is C16H15IN2O. The molecule has 0 fully saturated rings. The van der Waals surface area contributed by atoms with E-state index in [1.807, 2.05) is 60.1 Å². The van der Waals surface area contributed by atoms with E-state index in [0.29, 0.717) is 6.42 Å². The van der Waals surface area contributed by atoms with Gasteiger partial charge in [0, 0.05) is 17.0 Å². The summed E-state index contributed by atoms with van der Waals surface area (Å²) in [5, 5.41) is 10.4. The van der Waals surface area contributed by atoms with Crippen LogP contribution in [0.2, 0.25) is 0 Å². The fourth-order valence-corrected chi connectivity index (χ4v) is 2.71. The Hall–Kier alpha value is -1.40. The van der Waals surface area contributed by atoms with E-state index in [9.17, 15) is 5.11 Å². The van der Waals surface area contributed by atoms with E-state index >= 15 is 0 Å². The lowest BCUT2D eigenvalue weighted by Gasteiger charge is -2.11. The number of aliphatic hydroxyl groups is 1. The molecule has 4 heteroatoms. The average Bonchev–Trinajstić information content (AvgIpc) is 2.77. The highest BCUT2D eigenvalue weighted by Gasteiger charge is 2.14. The van der Waals surface area contributed by atoms with Crippen molar-refractivity contribution in [3.05, 3.63) is 63.5 Å². The number of hydrogen-bond acceptors (Lipinski definition) is 2. The van der Waals surface area contributed by atoms with Crippen LogP contribution in [0.25, 0.3) is 11.0 Å². The summed E-state index contributed by atoms with van der Waals surface area (Å²) in [7, 11) is 1.99. The molecule has 1 unspecified atom stereocenters. The van der Waals surface area contributed by atoms with Gasteiger partial charge in [0.25, 0.3) is 0 Å². The molecule has 0 radical (unpaired) electrons. The van der Waals surface area contributed by atoms with E-state index in [2.05, 4.69) is 27.6 Å². The van der Waals surface area contributed by atoms with E-state index in [1.54, 1.807) is 0 Å². The normalized spacial score (nSPS) is 12.8. The first-order chi connectivity index (χ1) is 9.65. The number of nitrogens with zero attached hydrogens (tertiary/aromatic N) is 2. The summed E-state index contributed by atoms with van der Waals surface area (Å²) in [6, 6.07) is 16.0. The van der Waals surface area contributed by atoms with Gasteiger partial charge >= 0.3 is 0 Å². The summed E-state index contributed by atoms with van der Waals surface area (Å²) in [6.45, 7) is 0. The van der Waals surface area contributed by atoms with Crippen LogP contribution in [0, 0.1) is 3.57 Å². The number of rotatable bonds is 3. The van der Waals surface area contributed by atoms with Crippen LogP contribution in [-0.2, 0) is 13.5 Å². The Kier molecular flexibility index (Phi) is 3.76. The van der Waals surface area contributed by atoms with Crippen LogP contribution >= 0.6 is 22.6 Å². The molecular weight excluding hydrogens is 363 g/mol. The number of hydrogen-bond donors (Lipinski definition) is 1. The van der Waals surface area contributed by atoms with Crippen molar-refractivity contribution in [1.82, 2.24) is 9.55 Å². The van der Waals surface area contributed by atoms with Crippen molar-refractivity contribution >= 4 is 33.6 Å². The third-order valence-electron chi connectivity index (χ3n) is 3.51. The molecule has 0 bridgehead atoms. The first-order valence-corrected chi connectivity index (χ1v) is 7.57. The molecule has 102 valence electrons. The Balaban J connectivity index is 1.89. The summed E-state index contributed by atoms with van der Waals surface area (Å²) < 4.78 is 3.21. The summed E-state index contributed by atoms with van der Waals surface area (Å²) >= 11 is 2.26. The Morgan fingerprint density at radius 2 is 1.85 bits per heavy atom. The summed E-state index contributed by atoms with van der Waals surface area (Å²) in [6.07, 6.45) is -0.00584. The van der Waals surface area contributed by atoms with Gasteiger partial charge < -0.3 is 9.67 Å². The third-order valence-corrected chi connectivity index (χ3v) is 4.23. The van der Waals surface area contributed by atoms with Crippen LogP contribution in [0.4, 0.5) is 0 Å². The van der Waals surface area contributed by atoms with Crippen molar-refractivity contribution in [3.8, 4) is 0 Å². The van der Waals surface area contributed by atoms with Crippen LogP contribution in [0.5, 0.6) is 0 Å². The number of imidazole rings is 1. The largest absolute Gasteiger partial charge is 0.388 e. The zero-order valence-corrected chi connectivity index (χ0v) is 13.3. The van der Waals surface area contributed by atoms with Crippen LogP contribution in [0.1, 0.15) is 17.5 Å². The second-order valence-electron chi connectivity index (χ2n) is 4.85. The summed E-state index contributed by atoms with van der Waals surface area (Å²) in [4.78, 5) is 4.60. The fourth-order valence-electron chi connectivity index (χ4n) is 2.35. The van der Waals surface area contributed by atoms with Gasteiger partial charge in [-0.3, -0.25) is 0 Å². The minimum atomic E-state index is -0.525. The van der Waals surface area contributed by atoms with E-state index in [4.69, 9.17) is 0 Å². The predicted octanol–water partition coefficient (Wildman–Crippen LogP) is 3.45. The molecule has 0 spiro atoms. The molecule has 3 nitrogen and oxygen atoms in total. The smallest absolute Gasteiger partial charge is 0.112 e. The van der Waals surface area contributed by atoms with Gasteiger partial charge in [-0.15, -0.1) is 0 Å². The number of benzene rings is 2. The van der Waals surface area contributed by atoms with Crippen molar-refractivity contribution in [2.24, 2.45) is 7.05 Å². The highest BCUT2D eigenvalue weighted by Crippen LogP contribution is 2.21. The predicted molar refractivity (Wildman–Crippen MR) is 88.5 cm³/mol. The van der Waals surface area contributed by atoms with Crippen LogP contribution in [-0.4, -0.2) is 14.7 Å². The quantitative estimate of drug-likeness (QED) is 0.709. The third kappa shape index (κ3) is 2.58. The van der Waals surface area contributed by atoms with Crippen molar-refractivity contribution in [2.45, 2.75) is 12.5 Å². The molecule has 1 heterocycles. The molecule has 20 heavy (non-hydrogen) atoms. The van der Waals surface area contributed by atoms with Crippen molar-refractivity contribution in [2.75, 3.05) is 0 Å². The number of para-hydroxylation sites is 2. The SMILES string of the molecule is Cn1c(CC(O)c2ccc(I)cc2)nc2ccccc21. The summed E-state index contributed by atoms with van der Waals surface area (Å²) in [5.41, 5.74) is 2.99. The molecule has 1 atom stereocenters. The maximum Gasteiger partial charge on any atom is 0.112 e. The molecule has 0 saturated carbocycles. The molecule has 2 aromatic carbocycles. The highest BCUT2D eigenvalue weighted by molar-refractivity contribution is 14.1. The summed E-state index contributed by atoms with van der Waals surface area (Å²) in [5.74, 6) is 0.900. The zero-order chi connectivity index (χ0) is 14.1. The zero-order valence-electron chi connectivity index (χ0n) is 11.1. The van der Waals surface area contributed by atoms with Gasteiger partial charge in [0.1, 0.15) is 5.82 Å². The van der Waals surface area contributed by atoms with Gasteiger partial charge in [0.05, 0.1) is 17.1 Å². The monoisotopic (exact) mass is 378 g/mol. The Morgan fingerprint density at radius 1 is 1.15 bits per heavy atom. The standard InChI is InChI=1S/C16H15IN2O/c1-19-14-5-3-2-4-13(14)18-16(19)10-15(20)11-6-8-12(17)9-7-11/h2-9,15,20H,10H2,1H3. The van der Waals surface area contributed by atoms with Crippen molar-refractivity contribution in [1.29, 1.82) is 0 Å². The molecule has 0 aliphatic rings. The number of halogens is 1. The number of aromatic nitrogens is 2. The maximum absolute atomic E-state index is 10.4. The molecule has 1 aromatic heterocycles. The first kappa shape index (κ1) is 13.6. The number of fused-ring (bicyclic) bond motifs is 1. The first-order valence-electron chi connectivity index (χ1n) is 6.49. The molecule has 0 aliphatic carbocycles. The van der Waals surface area contributed by atoms with Gasteiger partial charge in [-0.25, -0.2) is 4.98 Å². The Labute approximate surface area is 131 Å². The van der Waals surface area contributed by atoms with Gasteiger partial charge in [-0.05, 0) is 52.4 Å².